The smallest absolute Gasteiger partial charge is 0.339 e. The molecule has 198 valence electrons. The lowest BCUT2D eigenvalue weighted by molar-refractivity contribution is -0.123. The molecular formula is C29H22ClNO6S2. The van der Waals surface area contributed by atoms with Crippen LogP contribution in [0.25, 0.3) is 16.8 Å². The van der Waals surface area contributed by atoms with Crippen LogP contribution in [-0.2, 0) is 21.5 Å². The van der Waals surface area contributed by atoms with Crippen LogP contribution in [0.5, 0.6) is 11.5 Å². The van der Waals surface area contributed by atoms with E-state index in [1.54, 1.807) is 25.1 Å². The van der Waals surface area contributed by atoms with E-state index in [4.69, 9.17) is 20.5 Å². The van der Waals surface area contributed by atoms with Crippen molar-refractivity contribution in [2.24, 2.45) is 0 Å². The van der Waals surface area contributed by atoms with Crippen LogP contribution >= 0.6 is 23.4 Å². The van der Waals surface area contributed by atoms with E-state index in [1.165, 1.54) is 35.2 Å². The number of fused-ring (bicyclic) bond motifs is 1. The summed E-state index contributed by atoms with van der Waals surface area (Å²) in [4.78, 5) is 27.2. The molecule has 5 rings (SSSR count). The zero-order chi connectivity index (χ0) is 27.6. The molecule has 4 aromatic rings. The maximum absolute atomic E-state index is 13.1. The first-order chi connectivity index (χ1) is 18.7. The Kier molecular flexibility index (Phi) is 7.65. The molecule has 0 atom stereocenters. The van der Waals surface area contributed by atoms with Crippen molar-refractivity contribution in [1.29, 1.82) is 0 Å². The van der Waals surface area contributed by atoms with Crippen molar-refractivity contribution < 1.29 is 26.9 Å². The number of nitrogens with zero attached hydrogens (tertiary/aromatic N) is 1. The minimum absolute atomic E-state index is 0.0258. The number of benzene rings is 4. The molecule has 4 aromatic carbocycles. The van der Waals surface area contributed by atoms with Crippen molar-refractivity contribution in [2.45, 2.75) is 18.4 Å². The summed E-state index contributed by atoms with van der Waals surface area (Å²) >= 11 is 7.25. The van der Waals surface area contributed by atoms with E-state index >= 15 is 0 Å². The zero-order valence-electron chi connectivity index (χ0n) is 20.7. The van der Waals surface area contributed by atoms with Gasteiger partial charge in [0.2, 0.25) is 5.75 Å². The van der Waals surface area contributed by atoms with Crippen molar-refractivity contribution in [1.82, 2.24) is 4.90 Å². The second-order valence-corrected chi connectivity index (χ2v) is 11.5. The maximum atomic E-state index is 13.1. The third-order valence-corrected chi connectivity index (χ3v) is 8.31. The molecule has 10 heteroatoms. The maximum Gasteiger partial charge on any atom is 0.339 e. The van der Waals surface area contributed by atoms with Crippen molar-refractivity contribution >= 4 is 61.5 Å². The summed E-state index contributed by atoms with van der Waals surface area (Å²) in [6.45, 7) is 2.08. The number of carbonyl (C=O) groups is 2. The molecule has 0 saturated carbocycles. The Labute approximate surface area is 235 Å². The minimum atomic E-state index is -4.17. The van der Waals surface area contributed by atoms with Gasteiger partial charge in [0.1, 0.15) is 4.90 Å². The van der Waals surface area contributed by atoms with Crippen LogP contribution in [0.15, 0.2) is 94.7 Å². The second kappa shape index (κ2) is 11.1. The highest BCUT2D eigenvalue weighted by molar-refractivity contribution is 8.18. The van der Waals surface area contributed by atoms with Crippen molar-refractivity contribution in [3.63, 3.8) is 0 Å². The van der Waals surface area contributed by atoms with Gasteiger partial charge < -0.3 is 8.92 Å². The minimum Gasteiger partial charge on any atom is -0.490 e. The first kappa shape index (κ1) is 26.8. The van der Waals surface area contributed by atoms with Gasteiger partial charge in [-0.05, 0) is 77.0 Å². The number of hydrogen-bond donors (Lipinski definition) is 0. The van der Waals surface area contributed by atoms with Gasteiger partial charge in [0.05, 0.1) is 23.1 Å². The fraction of sp³-hybridized carbons (Fsp3) is 0.103. The van der Waals surface area contributed by atoms with Crippen LogP contribution in [0.1, 0.15) is 18.1 Å². The largest absolute Gasteiger partial charge is 0.490 e. The highest BCUT2D eigenvalue weighted by Crippen LogP contribution is 2.40. The third-order valence-electron chi connectivity index (χ3n) is 5.88. The van der Waals surface area contributed by atoms with Crippen molar-refractivity contribution in [3.05, 3.63) is 106 Å². The van der Waals surface area contributed by atoms with Crippen LogP contribution in [-0.4, -0.2) is 31.1 Å². The summed E-state index contributed by atoms with van der Waals surface area (Å²) in [5.74, 6) is -0.505. The van der Waals surface area contributed by atoms with E-state index in [2.05, 4.69) is 0 Å². The monoisotopic (exact) mass is 579 g/mol. The summed E-state index contributed by atoms with van der Waals surface area (Å²) in [6, 6.07) is 24.3. The molecule has 0 spiro atoms. The third kappa shape index (κ3) is 5.80. The van der Waals surface area contributed by atoms with Gasteiger partial charge in [-0.3, -0.25) is 14.5 Å². The van der Waals surface area contributed by atoms with Gasteiger partial charge in [-0.1, -0.05) is 66.2 Å². The zero-order valence-corrected chi connectivity index (χ0v) is 23.1. The summed E-state index contributed by atoms with van der Waals surface area (Å²) in [5, 5.41) is 1.68. The highest BCUT2D eigenvalue weighted by atomic mass is 35.5. The highest BCUT2D eigenvalue weighted by Gasteiger charge is 2.35. The first-order valence-electron chi connectivity index (χ1n) is 11.9. The van der Waals surface area contributed by atoms with E-state index < -0.39 is 16.0 Å². The van der Waals surface area contributed by atoms with Crippen LogP contribution < -0.4 is 8.92 Å². The molecule has 0 aromatic heterocycles. The van der Waals surface area contributed by atoms with E-state index in [1.807, 2.05) is 42.5 Å². The summed E-state index contributed by atoms with van der Waals surface area (Å²) < 4.78 is 36.5. The van der Waals surface area contributed by atoms with Gasteiger partial charge in [0.15, 0.2) is 5.75 Å². The van der Waals surface area contributed by atoms with E-state index in [-0.39, 0.29) is 44.7 Å². The number of ether oxygens (including phenoxy) is 1. The number of carbonyl (C=O) groups excluding carboxylic acids is 2. The number of imide groups is 1. The Balaban J connectivity index is 1.41. The molecule has 2 amide bonds. The van der Waals surface area contributed by atoms with Gasteiger partial charge in [0.25, 0.3) is 11.1 Å². The van der Waals surface area contributed by atoms with Crippen molar-refractivity contribution in [3.8, 4) is 11.5 Å². The summed E-state index contributed by atoms with van der Waals surface area (Å²) in [6.07, 6.45) is 1.52. The predicted molar refractivity (Wildman–Crippen MR) is 152 cm³/mol. The first-order valence-corrected chi connectivity index (χ1v) is 14.5. The average Bonchev–Trinajstić information content (AvgIpc) is 3.18. The van der Waals surface area contributed by atoms with E-state index in [0.717, 1.165) is 28.1 Å². The van der Waals surface area contributed by atoms with Gasteiger partial charge in [-0.25, -0.2) is 0 Å². The lowest BCUT2D eigenvalue weighted by atomic mass is 10.1. The van der Waals surface area contributed by atoms with Crippen LogP contribution in [0.3, 0.4) is 0 Å². The second-order valence-electron chi connectivity index (χ2n) is 8.56. The number of hydrogen-bond acceptors (Lipinski definition) is 7. The number of thioether (sulfide) groups is 1. The van der Waals surface area contributed by atoms with Crippen LogP contribution in [0.2, 0.25) is 5.02 Å². The number of rotatable bonds is 8. The SMILES string of the molecule is CCOc1cc(/C=C2\SC(=O)N(Cc3ccc4ccccc4c3)C2=O)cc(Cl)c1OS(=O)(=O)c1ccccc1. The molecule has 1 saturated heterocycles. The van der Waals surface area contributed by atoms with Crippen molar-refractivity contribution in [2.75, 3.05) is 6.61 Å². The molecule has 1 aliphatic heterocycles. The van der Waals surface area contributed by atoms with Crippen LogP contribution in [0.4, 0.5) is 4.79 Å². The van der Waals surface area contributed by atoms with E-state index in [9.17, 15) is 18.0 Å². The Morgan fingerprint density at radius 1 is 0.923 bits per heavy atom. The topological polar surface area (TPSA) is 90.0 Å². The number of amides is 2. The molecule has 7 nitrogen and oxygen atoms in total. The molecule has 0 unspecified atom stereocenters. The molecule has 1 aliphatic rings. The Morgan fingerprint density at radius 3 is 2.38 bits per heavy atom. The molecule has 1 fully saturated rings. The molecular weight excluding hydrogens is 558 g/mol. The Hall–Kier alpha value is -3.79. The molecule has 0 aliphatic carbocycles. The van der Waals surface area contributed by atoms with Gasteiger partial charge in [0, 0.05) is 0 Å². The lowest BCUT2D eigenvalue weighted by Gasteiger charge is -2.14. The number of halogens is 1. The Bertz CT molecular complexity index is 1720. The van der Waals surface area contributed by atoms with Gasteiger partial charge in [-0.15, -0.1) is 0 Å². The fourth-order valence-electron chi connectivity index (χ4n) is 4.07. The molecule has 0 bridgehead atoms. The van der Waals surface area contributed by atoms with Gasteiger partial charge >= 0.3 is 10.1 Å². The van der Waals surface area contributed by atoms with Crippen LogP contribution in [0, 0.1) is 0 Å². The lowest BCUT2D eigenvalue weighted by Crippen LogP contribution is -2.27. The standard InChI is InChI=1S/C29H22ClNO6S2/c1-2-36-25-16-20(15-24(30)27(25)37-39(34,35)23-10-4-3-5-11-23)17-26-28(32)31(29(33)38-26)18-19-12-13-21-8-6-7-9-22(21)14-19/h3-17H,2,18H2,1H3/b26-17-. The Morgan fingerprint density at radius 2 is 1.64 bits per heavy atom. The summed E-state index contributed by atoms with van der Waals surface area (Å²) in [7, 11) is -4.17. The quantitative estimate of drug-likeness (QED) is 0.166. The average molecular weight is 580 g/mol. The normalized spacial score (nSPS) is 14.8. The van der Waals surface area contributed by atoms with Gasteiger partial charge in [-0.2, -0.15) is 8.42 Å². The molecule has 1 heterocycles. The molecule has 0 radical (unpaired) electrons. The molecule has 0 N–H and O–H groups in total. The molecule has 39 heavy (non-hydrogen) atoms. The predicted octanol–water partition coefficient (Wildman–Crippen LogP) is 6.90. The van der Waals surface area contributed by atoms with E-state index in [0.29, 0.717) is 5.56 Å². The summed E-state index contributed by atoms with van der Waals surface area (Å²) in [5.41, 5.74) is 1.28. The fourth-order valence-corrected chi connectivity index (χ4v) is 6.19.